The predicted molar refractivity (Wildman–Crippen MR) is 85.4 cm³/mol. The smallest absolute Gasteiger partial charge is 0.228 e. The first kappa shape index (κ1) is 15.5. The van der Waals surface area contributed by atoms with Gasteiger partial charge in [0.1, 0.15) is 0 Å². The molecule has 1 aromatic heterocycles. The minimum Gasteiger partial charge on any atom is -0.342 e. The Morgan fingerprint density at radius 1 is 1.36 bits per heavy atom. The summed E-state index contributed by atoms with van der Waals surface area (Å²) in [4.78, 5) is 14.6. The molecule has 22 heavy (non-hydrogen) atoms. The summed E-state index contributed by atoms with van der Waals surface area (Å²) in [6, 6.07) is 0. The minimum absolute atomic E-state index is 0.0623. The van der Waals surface area contributed by atoms with Gasteiger partial charge in [0.25, 0.3) is 0 Å². The molecule has 122 valence electrons. The number of hydrogen-bond acceptors (Lipinski definition) is 3. The lowest BCUT2D eigenvalue weighted by molar-refractivity contribution is -0.147. The fraction of sp³-hybridized carbons (Fsp3) is 0.824. The molecule has 0 spiro atoms. The van der Waals surface area contributed by atoms with E-state index < -0.39 is 0 Å². The molecule has 1 saturated carbocycles. The number of amides is 1. The van der Waals surface area contributed by atoms with Gasteiger partial charge in [-0.05, 0) is 31.6 Å². The summed E-state index contributed by atoms with van der Waals surface area (Å²) >= 11 is 0. The molecule has 2 fully saturated rings. The van der Waals surface area contributed by atoms with Crippen LogP contribution in [0.4, 0.5) is 0 Å². The van der Waals surface area contributed by atoms with Crippen LogP contribution in [0.3, 0.4) is 0 Å². The maximum absolute atomic E-state index is 12.6. The molecule has 0 N–H and O–H groups in total. The molecule has 0 aromatic carbocycles. The van der Waals surface area contributed by atoms with Crippen LogP contribution in [0.1, 0.15) is 64.5 Å². The van der Waals surface area contributed by atoms with Gasteiger partial charge in [-0.2, -0.15) is 0 Å². The van der Waals surface area contributed by atoms with Crippen molar-refractivity contribution in [2.75, 3.05) is 13.1 Å². The number of likely N-dealkylation sites (tertiary alicyclic amines) is 1. The van der Waals surface area contributed by atoms with Crippen LogP contribution in [0.5, 0.6) is 0 Å². The Morgan fingerprint density at radius 2 is 2.05 bits per heavy atom. The van der Waals surface area contributed by atoms with Crippen molar-refractivity contribution in [2.45, 2.75) is 65.3 Å². The van der Waals surface area contributed by atoms with Gasteiger partial charge >= 0.3 is 0 Å². The lowest BCUT2D eigenvalue weighted by atomic mass is 9.69. The van der Waals surface area contributed by atoms with Crippen LogP contribution in [-0.4, -0.2) is 38.9 Å². The second-order valence-electron chi connectivity index (χ2n) is 7.74. The van der Waals surface area contributed by atoms with Crippen LogP contribution in [0.15, 0.2) is 6.20 Å². The molecular formula is C17H28N4O. The highest BCUT2D eigenvalue weighted by Gasteiger charge is 2.42. The fourth-order valence-corrected chi connectivity index (χ4v) is 3.64. The van der Waals surface area contributed by atoms with E-state index in [1.807, 2.05) is 4.68 Å². The third kappa shape index (κ3) is 3.03. The van der Waals surface area contributed by atoms with Crippen molar-refractivity contribution in [3.8, 4) is 0 Å². The molecule has 1 aromatic rings. The molecule has 2 aliphatic rings. The average Bonchev–Trinajstić information content (AvgIpc) is 2.92. The summed E-state index contributed by atoms with van der Waals surface area (Å²) in [7, 11) is 0. The number of hydrogen-bond donors (Lipinski definition) is 0. The third-order valence-electron chi connectivity index (χ3n) is 5.28. The zero-order valence-electron chi connectivity index (χ0n) is 14.1. The lowest BCUT2D eigenvalue weighted by Gasteiger charge is -2.42. The molecule has 1 saturated heterocycles. The van der Waals surface area contributed by atoms with Gasteiger partial charge in [0, 0.05) is 37.2 Å². The van der Waals surface area contributed by atoms with Crippen LogP contribution in [0.2, 0.25) is 0 Å². The number of rotatable bonds is 4. The molecule has 0 atom stereocenters. The van der Waals surface area contributed by atoms with Gasteiger partial charge in [-0.25, -0.2) is 0 Å². The standard InChI is InChI=1S/C17H28N4O/c1-13(2)11-21-12-15(18-19-21)14-5-9-20(10-6-14)16(22)17(3)7-4-8-17/h12-14H,4-11H2,1-3H3. The van der Waals surface area contributed by atoms with Crippen molar-refractivity contribution in [1.29, 1.82) is 0 Å². The van der Waals surface area contributed by atoms with E-state index in [1.54, 1.807) is 0 Å². The first-order valence-corrected chi connectivity index (χ1v) is 8.67. The summed E-state index contributed by atoms with van der Waals surface area (Å²) < 4.78 is 1.95. The van der Waals surface area contributed by atoms with E-state index in [2.05, 4.69) is 42.2 Å². The summed E-state index contributed by atoms with van der Waals surface area (Å²) in [6.45, 7) is 9.16. The Labute approximate surface area is 133 Å². The van der Waals surface area contributed by atoms with E-state index in [9.17, 15) is 4.79 Å². The number of carbonyl (C=O) groups excluding carboxylic acids is 1. The Hall–Kier alpha value is -1.39. The molecule has 2 heterocycles. The Morgan fingerprint density at radius 3 is 2.59 bits per heavy atom. The van der Waals surface area contributed by atoms with Crippen molar-refractivity contribution in [3.05, 3.63) is 11.9 Å². The SMILES string of the molecule is CC(C)Cn1cc(C2CCN(C(=O)C3(C)CCC3)CC2)nn1. The lowest BCUT2D eigenvalue weighted by Crippen LogP contribution is -2.48. The van der Waals surface area contributed by atoms with Crippen molar-refractivity contribution < 1.29 is 4.79 Å². The van der Waals surface area contributed by atoms with Crippen LogP contribution >= 0.6 is 0 Å². The highest BCUT2D eigenvalue weighted by molar-refractivity contribution is 5.83. The Balaban J connectivity index is 1.55. The van der Waals surface area contributed by atoms with Gasteiger partial charge < -0.3 is 4.90 Å². The Kier molecular flexibility index (Phi) is 4.24. The normalized spacial score (nSPS) is 21.9. The summed E-state index contributed by atoms with van der Waals surface area (Å²) in [5.41, 5.74) is 1.04. The maximum atomic E-state index is 12.6. The van der Waals surface area contributed by atoms with Gasteiger partial charge in [-0.15, -0.1) is 5.10 Å². The van der Waals surface area contributed by atoms with Crippen molar-refractivity contribution >= 4 is 5.91 Å². The zero-order valence-corrected chi connectivity index (χ0v) is 14.1. The molecule has 1 aliphatic heterocycles. The summed E-state index contributed by atoms with van der Waals surface area (Å²) in [5, 5.41) is 8.58. The van der Waals surface area contributed by atoms with Crippen molar-refractivity contribution in [2.24, 2.45) is 11.3 Å². The van der Waals surface area contributed by atoms with E-state index >= 15 is 0 Å². The quantitative estimate of drug-likeness (QED) is 0.859. The van der Waals surface area contributed by atoms with Crippen molar-refractivity contribution in [1.82, 2.24) is 19.9 Å². The molecule has 0 bridgehead atoms. The molecule has 1 amide bonds. The van der Waals surface area contributed by atoms with Crippen LogP contribution in [0, 0.1) is 11.3 Å². The van der Waals surface area contributed by atoms with Crippen LogP contribution in [0.25, 0.3) is 0 Å². The molecule has 3 rings (SSSR count). The highest BCUT2D eigenvalue weighted by Crippen LogP contribution is 2.42. The largest absolute Gasteiger partial charge is 0.342 e. The molecule has 0 unspecified atom stereocenters. The van der Waals surface area contributed by atoms with Gasteiger partial charge in [0.15, 0.2) is 0 Å². The molecule has 0 radical (unpaired) electrons. The molecule has 1 aliphatic carbocycles. The number of piperidine rings is 1. The summed E-state index contributed by atoms with van der Waals surface area (Å²) in [6.07, 6.45) is 7.46. The highest BCUT2D eigenvalue weighted by atomic mass is 16.2. The van der Waals surface area contributed by atoms with E-state index in [4.69, 9.17) is 0 Å². The molecule has 5 heteroatoms. The first-order chi connectivity index (χ1) is 10.5. The van der Waals surface area contributed by atoms with Gasteiger partial charge in [-0.1, -0.05) is 32.4 Å². The first-order valence-electron chi connectivity index (χ1n) is 8.67. The number of carbonyl (C=O) groups is 1. The molecular weight excluding hydrogens is 276 g/mol. The predicted octanol–water partition coefficient (Wildman–Crippen LogP) is 2.83. The van der Waals surface area contributed by atoms with E-state index in [1.165, 1.54) is 6.42 Å². The fourth-order valence-electron chi connectivity index (χ4n) is 3.64. The molecule has 5 nitrogen and oxygen atoms in total. The van der Waals surface area contributed by atoms with E-state index in [0.29, 0.717) is 17.7 Å². The van der Waals surface area contributed by atoms with E-state index in [0.717, 1.165) is 51.0 Å². The maximum Gasteiger partial charge on any atom is 0.228 e. The van der Waals surface area contributed by atoms with Gasteiger partial charge in [0.05, 0.1) is 5.69 Å². The summed E-state index contributed by atoms with van der Waals surface area (Å²) in [5.74, 6) is 1.41. The topological polar surface area (TPSA) is 51.0 Å². The second kappa shape index (κ2) is 6.01. The van der Waals surface area contributed by atoms with Gasteiger partial charge in [-0.3, -0.25) is 9.48 Å². The van der Waals surface area contributed by atoms with E-state index in [-0.39, 0.29) is 5.41 Å². The monoisotopic (exact) mass is 304 g/mol. The number of aromatic nitrogens is 3. The number of nitrogens with zero attached hydrogens (tertiary/aromatic N) is 4. The van der Waals surface area contributed by atoms with Crippen molar-refractivity contribution in [3.63, 3.8) is 0 Å². The Bertz CT molecular complexity index is 525. The second-order valence-corrected chi connectivity index (χ2v) is 7.74. The zero-order chi connectivity index (χ0) is 15.7. The third-order valence-corrected chi connectivity index (χ3v) is 5.28. The average molecular weight is 304 g/mol. The van der Waals surface area contributed by atoms with Crippen LogP contribution < -0.4 is 0 Å². The van der Waals surface area contributed by atoms with Gasteiger partial charge in [0.2, 0.25) is 5.91 Å². The van der Waals surface area contributed by atoms with Crippen LogP contribution in [-0.2, 0) is 11.3 Å². The minimum atomic E-state index is -0.0623.